The fourth-order valence-corrected chi connectivity index (χ4v) is 4.24. The zero-order chi connectivity index (χ0) is 14.3. The molecule has 1 fully saturated rings. The zero-order valence-electron chi connectivity index (χ0n) is 11.3. The highest BCUT2D eigenvalue weighted by Crippen LogP contribution is 2.39. The van der Waals surface area contributed by atoms with Crippen molar-refractivity contribution in [2.45, 2.75) is 37.0 Å². The topological polar surface area (TPSA) is 43.8 Å². The standard InChI is InChI=1S/C14H17ClFN3S/c1-20-13-5-3-2-4-11(13)19-12-6-8(15)9(16)7-10(12)18-14(19)17/h6-7,11,13H,2-5H2,1H3,(H2,17,18). The van der Waals surface area contributed by atoms with Crippen molar-refractivity contribution in [1.82, 2.24) is 9.55 Å². The van der Waals surface area contributed by atoms with Gasteiger partial charge >= 0.3 is 0 Å². The van der Waals surface area contributed by atoms with Crippen LogP contribution >= 0.6 is 23.4 Å². The van der Waals surface area contributed by atoms with Crippen molar-refractivity contribution in [1.29, 1.82) is 0 Å². The first-order valence-electron chi connectivity index (χ1n) is 6.77. The number of fused-ring (bicyclic) bond motifs is 1. The number of benzene rings is 1. The Morgan fingerprint density at radius 1 is 1.40 bits per heavy atom. The van der Waals surface area contributed by atoms with E-state index in [1.54, 1.807) is 6.07 Å². The van der Waals surface area contributed by atoms with Crippen LogP contribution in [-0.4, -0.2) is 21.1 Å². The molecule has 108 valence electrons. The zero-order valence-corrected chi connectivity index (χ0v) is 12.8. The molecule has 0 spiro atoms. The third-order valence-electron chi connectivity index (χ3n) is 4.06. The molecule has 2 unspecified atom stereocenters. The van der Waals surface area contributed by atoms with Crippen molar-refractivity contribution in [3.05, 3.63) is 23.0 Å². The molecule has 0 amide bonds. The average Bonchev–Trinajstić information content (AvgIpc) is 2.74. The molecular formula is C14H17ClFN3S. The Morgan fingerprint density at radius 3 is 2.90 bits per heavy atom. The lowest BCUT2D eigenvalue weighted by atomic mass is 9.94. The van der Waals surface area contributed by atoms with Gasteiger partial charge in [-0.05, 0) is 25.2 Å². The summed E-state index contributed by atoms with van der Waals surface area (Å²) in [6.45, 7) is 0. The van der Waals surface area contributed by atoms with Crippen molar-refractivity contribution in [3.8, 4) is 0 Å². The van der Waals surface area contributed by atoms with Gasteiger partial charge in [0.1, 0.15) is 5.82 Å². The van der Waals surface area contributed by atoms with Crippen molar-refractivity contribution in [2.24, 2.45) is 0 Å². The highest BCUT2D eigenvalue weighted by Gasteiger charge is 2.29. The number of halogens is 2. The molecule has 2 aromatic rings. The molecule has 0 saturated heterocycles. The fraction of sp³-hybridized carbons (Fsp3) is 0.500. The number of aromatic nitrogens is 2. The number of hydrogen-bond acceptors (Lipinski definition) is 3. The minimum absolute atomic E-state index is 0.121. The Labute approximate surface area is 126 Å². The van der Waals surface area contributed by atoms with Crippen LogP contribution in [0, 0.1) is 5.82 Å². The number of anilines is 1. The largest absolute Gasteiger partial charge is 0.369 e. The molecule has 1 aliphatic carbocycles. The van der Waals surface area contributed by atoms with Crippen LogP contribution in [0.25, 0.3) is 11.0 Å². The first-order valence-corrected chi connectivity index (χ1v) is 8.43. The van der Waals surface area contributed by atoms with E-state index in [0.29, 0.717) is 22.8 Å². The van der Waals surface area contributed by atoms with Gasteiger partial charge in [0.2, 0.25) is 5.95 Å². The number of nitrogens with two attached hydrogens (primary N) is 1. The van der Waals surface area contributed by atoms with Crippen LogP contribution in [-0.2, 0) is 0 Å². The monoisotopic (exact) mass is 313 g/mol. The lowest BCUT2D eigenvalue weighted by molar-refractivity contribution is 0.374. The minimum atomic E-state index is -0.450. The third kappa shape index (κ3) is 2.27. The van der Waals surface area contributed by atoms with Gasteiger partial charge in [-0.15, -0.1) is 0 Å². The van der Waals surface area contributed by atoms with E-state index in [9.17, 15) is 4.39 Å². The lowest BCUT2D eigenvalue weighted by Crippen LogP contribution is -2.26. The molecule has 1 aliphatic rings. The van der Waals surface area contributed by atoms with Crippen LogP contribution in [0.5, 0.6) is 0 Å². The number of nitrogen functional groups attached to an aromatic ring is 1. The quantitative estimate of drug-likeness (QED) is 0.901. The van der Waals surface area contributed by atoms with E-state index in [4.69, 9.17) is 17.3 Å². The van der Waals surface area contributed by atoms with Gasteiger partial charge in [0.05, 0.1) is 16.1 Å². The van der Waals surface area contributed by atoms with E-state index < -0.39 is 5.82 Å². The molecule has 1 aromatic heterocycles. The summed E-state index contributed by atoms with van der Waals surface area (Å²) in [4.78, 5) is 4.29. The number of imidazole rings is 1. The maximum Gasteiger partial charge on any atom is 0.201 e. The summed E-state index contributed by atoms with van der Waals surface area (Å²) in [7, 11) is 0. The van der Waals surface area contributed by atoms with Crippen molar-refractivity contribution >= 4 is 40.3 Å². The van der Waals surface area contributed by atoms with E-state index in [0.717, 1.165) is 11.9 Å². The molecule has 0 aliphatic heterocycles. The van der Waals surface area contributed by atoms with Gasteiger partial charge in [-0.25, -0.2) is 9.37 Å². The molecule has 1 saturated carbocycles. The summed E-state index contributed by atoms with van der Waals surface area (Å²) in [6.07, 6.45) is 6.83. The molecule has 2 N–H and O–H groups in total. The summed E-state index contributed by atoms with van der Waals surface area (Å²) < 4.78 is 15.6. The lowest BCUT2D eigenvalue weighted by Gasteiger charge is -2.32. The predicted molar refractivity (Wildman–Crippen MR) is 83.9 cm³/mol. The van der Waals surface area contributed by atoms with Gasteiger partial charge in [-0.2, -0.15) is 11.8 Å². The first-order chi connectivity index (χ1) is 9.61. The Kier molecular flexibility index (Phi) is 3.82. The molecule has 6 heteroatoms. The summed E-state index contributed by atoms with van der Waals surface area (Å²) >= 11 is 7.78. The SMILES string of the molecule is CSC1CCCCC1n1c(N)nc2cc(F)c(Cl)cc21. The Bertz CT molecular complexity index is 643. The van der Waals surface area contributed by atoms with E-state index in [1.807, 2.05) is 16.3 Å². The number of rotatable bonds is 2. The number of thioether (sulfide) groups is 1. The summed E-state index contributed by atoms with van der Waals surface area (Å²) in [5.74, 6) is 0.00138. The summed E-state index contributed by atoms with van der Waals surface area (Å²) in [5, 5.41) is 0.641. The number of nitrogens with zero attached hydrogens (tertiary/aromatic N) is 2. The van der Waals surface area contributed by atoms with Crippen LogP contribution in [0.4, 0.5) is 10.3 Å². The summed E-state index contributed by atoms with van der Waals surface area (Å²) in [5.41, 5.74) is 7.49. The minimum Gasteiger partial charge on any atom is -0.369 e. The highest BCUT2D eigenvalue weighted by molar-refractivity contribution is 7.99. The van der Waals surface area contributed by atoms with E-state index in [-0.39, 0.29) is 5.02 Å². The third-order valence-corrected chi connectivity index (χ3v) is 5.51. The second kappa shape index (κ2) is 5.45. The van der Waals surface area contributed by atoms with Crippen LogP contribution < -0.4 is 5.73 Å². The number of hydrogen-bond donors (Lipinski definition) is 1. The van der Waals surface area contributed by atoms with Gasteiger partial charge in [0.15, 0.2) is 0 Å². The van der Waals surface area contributed by atoms with E-state index >= 15 is 0 Å². The molecule has 3 rings (SSSR count). The van der Waals surface area contributed by atoms with Gasteiger partial charge in [-0.1, -0.05) is 24.4 Å². The van der Waals surface area contributed by atoms with E-state index in [1.165, 1.54) is 25.3 Å². The molecular weight excluding hydrogens is 297 g/mol. The van der Waals surface area contributed by atoms with Gasteiger partial charge in [-0.3, -0.25) is 0 Å². The average molecular weight is 314 g/mol. The second-order valence-electron chi connectivity index (χ2n) is 5.22. The Morgan fingerprint density at radius 2 is 2.15 bits per heavy atom. The second-order valence-corrected chi connectivity index (χ2v) is 6.71. The molecule has 0 bridgehead atoms. The van der Waals surface area contributed by atoms with Crippen molar-refractivity contribution in [3.63, 3.8) is 0 Å². The van der Waals surface area contributed by atoms with Crippen LogP contribution in [0.15, 0.2) is 12.1 Å². The molecule has 20 heavy (non-hydrogen) atoms. The van der Waals surface area contributed by atoms with Gasteiger partial charge in [0, 0.05) is 17.4 Å². The first kappa shape index (κ1) is 14.0. The van der Waals surface area contributed by atoms with E-state index in [2.05, 4.69) is 11.2 Å². The van der Waals surface area contributed by atoms with Crippen molar-refractivity contribution in [2.75, 3.05) is 12.0 Å². The van der Waals surface area contributed by atoms with Crippen LogP contribution in [0.3, 0.4) is 0 Å². The molecule has 1 aromatic carbocycles. The maximum atomic E-state index is 13.5. The normalized spacial score (nSPS) is 23.4. The molecule has 2 atom stereocenters. The van der Waals surface area contributed by atoms with Crippen LogP contribution in [0.2, 0.25) is 5.02 Å². The maximum absolute atomic E-state index is 13.5. The van der Waals surface area contributed by atoms with Crippen LogP contribution in [0.1, 0.15) is 31.7 Å². The smallest absolute Gasteiger partial charge is 0.201 e. The molecule has 0 radical (unpaired) electrons. The fourth-order valence-electron chi connectivity index (χ4n) is 3.11. The molecule has 3 nitrogen and oxygen atoms in total. The van der Waals surface area contributed by atoms with Crippen molar-refractivity contribution < 1.29 is 4.39 Å². The van der Waals surface area contributed by atoms with Gasteiger partial charge < -0.3 is 10.3 Å². The Hall–Kier alpha value is -0.940. The summed E-state index contributed by atoms with van der Waals surface area (Å²) in [6, 6.07) is 3.31. The molecule has 1 heterocycles. The predicted octanol–water partition coefficient (Wildman–Crippen LogP) is 4.26. The highest BCUT2D eigenvalue weighted by atomic mass is 35.5. The van der Waals surface area contributed by atoms with Gasteiger partial charge in [0.25, 0.3) is 0 Å². The Balaban J connectivity index is 2.14.